The molecule has 0 bridgehead atoms. The van der Waals surface area contributed by atoms with Crippen LogP contribution in [0, 0.1) is 20.8 Å². The fourth-order valence-electron chi connectivity index (χ4n) is 4.38. The van der Waals surface area contributed by atoms with E-state index in [0.29, 0.717) is 18.6 Å². The highest BCUT2D eigenvalue weighted by Gasteiger charge is 2.24. The zero-order chi connectivity index (χ0) is 28.6. The van der Waals surface area contributed by atoms with Gasteiger partial charge in [-0.05, 0) is 92.5 Å². The summed E-state index contributed by atoms with van der Waals surface area (Å²) in [5.74, 6) is 0.301. The first-order chi connectivity index (χ1) is 18.5. The zero-order valence-electron chi connectivity index (χ0n) is 23.7. The van der Waals surface area contributed by atoms with Crippen molar-refractivity contribution in [2.45, 2.75) is 60.0 Å². The van der Waals surface area contributed by atoms with Crippen molar-refractivity contribution in [2.75, 3.05) is 20.1 Å². The lowest BCUT2D eigenvalue weighted by Gasteiger charge is -2.18. The van der Waals surface area contributed by atoms with Crippen LogP contribution in [-0.4, -0.2) is 37.4 Å². The van der Waals surface area contributed by atoms with Crippen LogP contribution in [0.4, 0.5) is 4.79 Å². The summed E-state index contributed by atoms with van der Waals surface area (Å²) < 4.78 is 33.0. The molecule has 1 N–H and O–H groups in total. The van der Waals surface area contributed by atoms with E-state index in [0.717, 1.165) is 39.8 Å². The largest absolute Gasteiger partial charge is 0.510 e. The molecule has 0 radical (unpaired) electrons. The molecule has 0 saturated heterocycles. The van der Waals surface area contributed by atoms with E-state index in [1.807, 2.05) is 6.07 Å². The molecule has 39 heavy (non-hydrogen) atoms. The lowest BCUT2D eigenvalue weighted by Crippen LogP contribution is -2.15. The highest BCUT2D eigenvalue weighted by Crippen LogP contribution is 2.47. The second-order valence-electron chi connectivity index (χ2n) is 10.1. The van der Waals surface area contributed by atoms with E-state index in [2.05, 4.69) is 63.2 Å². The van der Waals surface area contributed by atoms with E-state index in [9.17, 15) is 14.5 Å². The Hall–Kier alpha value is -3.12. The fourth-order valence-corrected chi connectivity index (χ4v) is 5.54. The van der Waals surface area contributed by atoms with Gasteiger partial charge in [0, 0.05) is 13.5 Å². The highest BCUT2D eigenvalue weighted by atomic mass is 31.2. The number of phenolic OH excluding ortho intramolecular Hbond substituents is 1. The molecule has 0 aromatic heterocycles. The van der Waals surface area contributed by atoms with Gasteiger partial charge in [0.15, 0.2) is 0 Å². The Balaban J connectivity index is 1.65. The van der Waals surface area contributed by atoms with Crippen molar-refractivity contribution in [2.24, 2.45) is 0 Å². The van der Waals surface area contributed by atoms with Crippen LogP contribution in [0.3, 0.4) is 0 Å². The summed E-state index contributed by atoms with van der Waals surface area (Å²) in [7, 11) is -2.13. The summed E-state index contributed by atoms with van der Waals surface area (Å²) >= 11 is 0. The van der Waals surface area contributed by atoms with Crippen LogP contribution in [0.15, 0.2) is 54.6 Å². The van der Waals surface area contributed by atoms with Crippen LogP contribution in [0.5, 0.6) is 5.75 Å². The summed E-state index contributed by atoms with van der Waals surface area (Å²) in [5, 5.41) is 10.4. The van der Waals surface area contributed by atoms with Gasteiger partial charge in [-0.2, -0.15) is 0 Å². The molecular weight excluding hydrogens is 515 g/mol. The number of carbonyl (C=O) groups excluding carboxylic acids is 1. The van der Waals surface area contributed by atoms with Crippen molar-refractivity contribution in [1.82, 2.24) is 0 Å². The van der Waals surface area contributed by atoms with Crippen molar-refractivity contribution in [3.8, 4) is 5.75 Å². The maximum Gasteiger partial charge on any atom is 0.510 e. The number of aromatic hydroxyl groups is 1. The number of hydrogen-bond donors (Lipinski definition) is 1. The zero-order valence-corrected chi connectivity index (χ0v) is 24.5. The van der Waals surface area contributed by atoms with Gasteiger partial charge in [0.05, 0.1) is 12.3 Å². The van der Waals surface area contributed by atoms with Gasteiger partial charge < -0.3 is 19.1 Å². The number of rotatable bonds is 12. The molecule has 0 aliphatic heterocycles. The van der Waals surface area contributed by atoms with E-state index in [1.54, 1.807) is 19.9 Å². The number of hydrogen-bond acceptors (Lipinski definition) is 7. The minimum absolute atomic E-state index is 0.143. The number of aryl methyl sites for hydroxylation is 4. The van der Waals surface area contributed by atoms with Crippen LogP contribution < -0.4 is 0 Å². The molecular formula is C31H39O7P. The predicted molar refractivity (Wildman–Crippen MR) is 153 cm³/mol. The van der Waals surface area contributed by atoms with Crippen LogP contribution in [-0.2, 0) is 42.3 Å². The van der Waals surface area contributed by atoms with E-state index in [1.165, 1.54) is 18.2 Å². The predicted octanol–water partition coefficient (Wildman–Crippen LogP) is 7.42. The normalized spacial score (nSPS) is 12.8. The molecule has 0 aliphatic rings. The Kier molecular flexibility index (Phi) is 10.8. The summed E-state index contributed by atoms with van der Waals surface area (Å²) in [6.45, 7) is 9.09. The molecule has 0 saturated carbocycles. The second kappa shape index (κ2) is 13.8. The molecule has 7 nitrogen and oxygen atoms in total. The molecule has 0 fully saturated rings. The van der Waals surface area contributed by atoms with Gasteiger partial charge in [0.25, 0.3) is 0 Å². The molecule has 1 atom stereocenters. The molecule has 8 heteroatoms. The average Bonchev–Trinajstić information content (AvgIpc) is 2.87. The monoisotopic (exact) mass is 554 g/mol. The maximum absolute atomic E-state index is 12.9. The molecule has 3 aromatic rings. The summed E-state index contributed by atoms with van der Waals surface area (Å²) in [6.07, 6.45) is 0.820. The molecule has 1 unspecified atom stereocenters. The Morgan fingerprint density at radius 3 is 2.15 bits per heavy atom. The van der Waals surface area contributed by atoms with Crippen LogP contribution in [0.25, 0.3) is 0 Å². The van der Waals surface area contributed by atoms with E-state index < -0.39 is 20.5 Å². The van der Waals surface area contributed by atoms with E-state index in [-0.39, 0.29) is 12.3 Å². The number of carbonyl (C=O) groups is 1. The third-order valence-electron chi connectivity index (χ3n) is 6.51. The van der Waals surface area contributed by atoms with Crippen LogP contribution >= 0.6 is 7.60 Å². The second-order valence-corrected chi connectivity index (χ2v) is 12.4. The minimum Gasteiger partial charge on any atom is -0.508 e. The van der Waals surface area contributed by atoms with Crippen molar-refractivity contribution in [1.29, 1.82) is 0 Å². The third-order valence-corrected chi connectivity index (χ3v) is 8.33. The van der Waals surface area contributed by atoms with Crippen molar-refractivity contribution >= 4 is 13.8 Å². The van der Waals surface area contributed by atoms with Crippen LogP contribution in [0.1, 0.15) is 58.4 Å². The summed E-state index contributed by atoms with van der Waals surface area (Å²) in [4.78, 5) is 11.5. The van der Waals surface area contributed by atoms with Crippen molar-refractivity contribution < 1.29 is 33.0 Å². The molecule has 3 aromatic carbocycles. The third kappa shape index (κ3) is 9.24. The Labute approximate surface area is 231 Å². The summed E-state index contributed by atoms with van der Waals surface area (Å²) in [6, 6.07) is 18.3. The van der Waals surface area contributed by atoms with Crippen molar-refractivity contribution in [3.05, 3.63) is 99.1 Å². The Morgan fingerprint density at radius 1 is 0.897 bits per heavy atom. The number of phenols is 1. The van der Waals surface area contributed by atoms with Gasteiger partial charge >= 0.3 is 13.8 Å². The first-order valence-corrected chi connectivity index (χ1v) is 14.8. The molecule has 0 spiro atoms. The smallest absolute Gasteiger partial charge is 0.508 e. The van der Waals surface area contributed by atoms with Gasteiger partial charge in [-0.15, -0.1) is 0 Å². The van der Waals surface area contributed by atoms with E-state index >= 15 is 0 Å². The van der Waals surface area contributed by atoms with Gasteiger partial charge in [-0.1, -0.05) is 54.1 Å². The lowest BCUT2D eigenvalue weighted by molar-refractivity contribution is -0.0119. The lowest BCUT2D eigenvalue weighted by atomic mass is 9.92. The SMILES string of the molecule is COP(=O)(CCc1cc(C)c(Cc2ccc(O)c(Cc3ccc(C)cc3)c2)c(C)c1)OCOC(=O)OC(C)C. The molecule has 0 heterocycles. The molecule has 210 valence electrons. The number of benzene rings is 3. The maximum atomic E-state index is 12.9. The highest BCUT2D eigenvalue weighted by molar-refractivity contribution is 7.53. The molecule has 0 aliphatic carbocycles. The Morgan fingerprint density at radius 2 is 1.54 bits per heavy atom. The number of ether oxygens (including phenoxy) is 2. The first-order valence-electron chi connectivity index (χ1n) is 13.1. The van der Waals surface area contributed by atoms with Crippen LogP contribution in [0.2, 0.25) is 0 Å². The van der Waals surface area contributed by atoms with Gasteiger partial charge in [-0.25, -0.2) is 4.79 Å². The quantitative estimate of drug-likeness (QED) is 0.142. The standard InChI is InChI=1S/C31H39O7P/c1-21(2)38-31(33)36-20-37-39(34,35-6)14-13-27-15-23(4)29(24(5)16-27)19-26-11-12-30(32)28(18-26)17-25-9-7-22(3)8-10-25/h7-12,15-16,18,21,32H,13-14,17,19-20H2,1-6H3. The Bertz CT molecular complexity index is 1290. The van der Waals surface area contributed by atoms with Crippen molar-refractivity contribution in [3.63, 3.8) is 0 Å². The minimum atomic E-state index is -3.45. The fraction of sp³-hybridized carbons (Fsp3) is 0.387. The summed E-state index contributed by atoms with van der Waals surface area (Å²) in [5.41, 5.74) is 8.89. The van der Waals surface area contributed by atoms with E-state index in [4.69, 9.17) is 18.5 Å². The van der Waals surface area contributed by atoms with Gasteiger partial charge in [0.2, 0.25) is 6.79 Å². The topological polar surface area (TPSA) is 91.3 Å². The molecule has 0 amide bonds. The molecule has 3 rings (SSSR count). The van der Waals surface area contributed by atoms with Gasteiger partial charge in [0.1, 0.15) is 5.75 Å². The first kappa shape index (κ1) is 30.4. The average molecular weight is 555 g/mol. The van der Waals surface area contributed by atoms with Gasteiger partial charge in [-0.3, -0.25) is 9.09 Å².